The molecule has 1 atom stereocenters. The molecule has 0 saturated carbocycles. The lowest BCUT2D eigenvalue weighted by Gasteiger charge is -2.18. The van der Waals surface area contributed by atoms with Crippen molar-refractivity contribution in [3.63, 3.8) is 0 Å². The molecule has 0 bridgehead atoms. The van der Waals surface area contributed by atoms with Gasteiger partial charge in [0, 0.05) is 23.3 Å². The number of pyridine rings is 1. The number of fused-ring (bicyclic) bond motifs is 1. The zero-order chi connectivity index (χ0) is 23.2. The van der Waals surface area contributed by atoms with Gasteiger partial charge in [-0.15, -0.1) is 0 Å². The average molecular weight is 449 g/mol. The van der Waals surface area contributed by atoms with Crippen molar-refractivity contribution in [2.45, 2.75) is 32.6 Å². The van der Waals surface area contributed by atoms with Crippen LogP contribution in [0.5, 0.6) is 11.5 Å². The van der Waals surface area contributed by atoms with Crippen molar-refractivity contribution < 1.29 is 14.3 Å². The van der Waals surface area contributed by atoms with Crippen LogP contribution in [0.25, 0.3) is 10.9 Å². The third-order valence-corrected chi connectivity index (χ3v) is 6.25. The lowest BCUT2D eigenvalue weighted by Crippen LogP contribution is -2.14. The maximum Gasteiger partial charge on any atom is 0.252 e. The summed E-state index contributed by atoms with van der Waals surface area (Å²) in [5, 5.41) is 7.58. The molecule has 2 heterocycles. The van der Waals surface area contributed by atoms with Crippen molar-refractivity contribution in [3.05, 3.63) is 53.7 Å². The van der Waals surface area contributed by atoms with E-state index >= 15 is 0 Å². The van der Waals surface area contributed by atoms with Gasteiger partial charge in [0.2, 0.25) is 0 Å². The molecule has 0 radical (unpaired) electrons. The summed E-state index contributed by atoms with van der Waals surface area (Å²) in [5.74, 6) is 1.44. The number of ether oxygens (including phenoxy) is 2. The number of rotatable bonds is 10. The van der Waals surface area contributed by atoms with E-state index in [9.17, 15) is 4.79 Å². The van der Waals surface area contributed by atoms with Crippen LogP contribution < -0.4 is 25.8 Å². The Kier molecular flexibility index (Phi) is 7.29. The summed E-state index contributed by atoms with van der Waals surface area (Å²) in [6, 6.07) is 11.7. The number of amides is 1. The lowest BCUT2D eigenvalue weighted by molar-refractivity contribution is 0.100. The Hall–Kier alpha value is -3.32. The van der Waals surface area contributed by atoms with Gasteiger partial charge >= 0.3 is 0 Å². The van der Waals surface area contributed by atoms with Crippen molar-refractivity contribution in [3.8, 4) is 11.5 Å². The number of carbonyl (C=O) groups is 1. The van der Waals surface area contributed by atoms with Gasteiger partial charge in [-0.1, -0.05) is 25.1 Å². The molecule has 3 aromatic rings. The second-order valence-electron chi connectivity index (χ2n) is 8.42. The normalized spacial score (nSPS) is 15.5. The van der Waals surface area contributed by atoms with E-state index in [-0.39, 0.29) is 0 Å². The first-order valence-electron chi connectivity index (χ1n) is 11.6. The van der Waals surface area contributed by atoms with E-state index in [0.717, 1.165) is 54.9 Å². The Labute approximate surface area is 194 Å². The van der Waals surface area contributed by atoms with Crippen LogP contribution in [-0.2, 0) is 6.42 Å². The first-order valence-corrected chi connectivity index (χ1v) is 11.6. The molecule has 7 nitrogen and oxygen atoms in total. The van der Waals surface area contributed by atoms with Crippen LogP contribution in [0.1, 0.15) is 42.1 Å². The minimum atomic E-state index is -0.540. The van der Waals surface area contributed by atoms with Crippen molar-refractivity contribution >= 4 is 28.2 Å². The fourth-order valence-electron chi connectivity index (χ4n) is 4.39. The topological polar surface area (TPSA) is 98.5 Å². The Bertz CT molecular complexity index is 1130. The van der Waals surface area contributed by atoms with Crippen molar-refractivity contribution in [1.82, 2.24) is 10.3 Å². The highest BCUT2D eigenvalue weighted by Gasteiger charge is 2.18. The summed E-state index contributed by atoms with van der Waals surface area (Å²) in [5.41, 5.74) is 9.40. The van der Waals surface area contributed by atoms with E-state index in [1.807, 2.05) is 30.3 Å². The van der Waals surface area contributed by atoms with E-state index in [2.05, 4.69) is 28.6 Å². The monoisotopic (exact) mass is 448 g/mol. The number of primary amides is 1. The highest BCUT2D eigenvalue weighted by Crippen LogP contribution is 2.38. The first kappa shape index (κ1) is 22.9. The highest BCUT2D eigenvalue weighted by atomic mass is 16.5. The number of nitrogens with zero attached hydrogens (tertiary/aromatic N) is 1. The minimum absolute atomic E-state index is 0.328. The second-order valence-corrected chi connectivity index (χ2v) is 8.42. The van der Waals surface area contributed by atoms with E-state index in [1.165, 1.54) is 12.6 Å². The molecule has 33 heavy (non-hydrogen) atoms. The van der Waals surface area contributed by atoms with Gasteiger partial charge in [0.25, 0.3) is 5.91 Å². The summed E-state index contributed by atoms with van der Waals surface area (Å²) in [4.78, 5) is 16.7. The zero-order valence-corrected chi connectivity index (χ0v) is 19.3. The SMILES string of the molecule is CCc1ccccc1Nc1c(C(N)=O)cnc2cc(OCCCC3CCNC3)c(OC)cc12. The maximum atomic E-state index is 12.2. The zero-order valence-electron chi connectivity index (χ0n) is 19.3. The molecular formula is C26H32N4O3. The Morgan fingerprint density at radius 3 is 2.85 bits per heavy atom. The molecule has 1 aromatic heterocycles. The molecule has 4 N–H and O–H groups in total. The molecule has 1 fully saturated rings. The average Bonchev–Trinajstić information content (AvgIpc) is 3.35. The molecule has 1 saturated heterocycles. The molecule has 0 aliphatic carbocycles. The number of hydrogen-bond donors (Lipinski definition) is 3. The molecular weight excluding hydrogens is 416 g/mol. The molecule has 1 aliphatic heterocycles. The van der Waals surface area contributed by atoms with Crippen LogP contribution in [0.4, 0.5) is 11.4 Å². The largest absolute Gasteiger partial charge is 0.493 e. The summed E-state index contributed by atoms with van der Waals surface area (Å²) in [7, 11) is 1.61. The Balaban J connectivity index is 1.64. The van der Waals surface area contributed by atoms with Crippen molar-refractivity contribution in [1.29, 1.82) is 0 Å². The predicted octanol–water partition coefficient (Wildman–Crippen LogP) is 4.42. The third-order valence-electron chi connectivity index (χ3n) is 6.25. The Morgan fingerprint density at radius 1 is 1.27 bits per heavy atom. The van der Waals surface area contributed by atoms with Crippen molar-refractivity contribution in [2.24, 2.45) is 11.7 Å². The number of nitrogens with two attached hydrogens (primary N) is 1. The van der Waals surface area contributed by atoms with E-state index in [4.69, 9.17) is 15.2 Å². The van der Waals surface area contributed by atoms with Gasteiger partial charge in [-0.05, 0) is 62.4 Å². The minimum Gasteiger partial charge on any atom is -0.493 e. The van der Waals surface area contributed by atoms with Crippen LogP contribution in [-0.4, -0.2) is 37.7 Å². The fourth-order valence-corrected chi connectivity index (χ4v) is 4.39. The number of nitrogens with one attached hydrogen (secondary N) is 2. The summed E-state index contributed by atoms with van der Waals surface area (Å²) < 4.78 is 11.7. The van der Waals surface area contributed by atoms with Gasteiger partial charge in [0.1, 0.15) is 0 Å². The molecule has 174 valence electrons. The fraction of sp³-hybridized carbons (Fsp3) is 0.385. The van der Waals surface area contributed by atoms with Gasteiger partial charge in [0.05, 0.1) is 30.5 Å². The number of aryl methyl sites for hydroxylation is 1. The summed E-state index contributed by atoms with van der Waals surface area (Å²) in [6.07, 6.45) is 5.75. The van der Waals surface area contributed by atoms with Gasteiger partial charge in [-0.2, -0.15) is 0 Å². The molecule has 4 rings (SSSR count). The second kappa shape index (κ2) is 10.5. The predicted molar refractivity (Wildman–Crippen MR) is 132 cm³/mol. The number of benzene rings is 2. The lowest BCUT2D eigenvalue weighted by atomic mass is 10.0. The van der Waals surface area contributed by atoms with Crippen LogP contribution >= 0.6 is 0 Å². The standard InChI is InChI=1S/C26H32N4O3/c1-3-18-8-4-5-9-21(18)30-25-19-13-23(32-2)24(14-22(19)29-16-20(25)26(27)31)33-12-6-7-17-10-11-28-15-17/h4-5,8-9,13-14,16-17,28H,3,6-7,10-12,15H2,1-2H3,(H2,27,31)(H,29,30). The number of aromatic nitrogens is 1. The molecule has 1 aliphatic rings. The van der Waals surface area contributed by atoms with E-state index in [0.29, 0.717) is 34.9 Å². The van der Waals surface area contributed by atoms with Crippen molar-refractivity contribution in [2.75, 3.05) is 32.1 Å². The van der Waals surface area contributed by atoms with Crippen LogP contribution in [0.3, 0.4) is 0 Å². The number of anilines is 2. The van der Waals surface area contributed by atoms with Crippen LogP contribution in [0.15, 0.2) is 42.6 Å². The molecule has 1 unspecified atom stereocenters. The quantitative estimate of drug-likeness (QED) is 0.397. The van der Waals surface area contributed by atoms with E-state index in [1.54, 1.807) is 7.11 Å². The summed E-state index contributed by atoms with van der Waals surface area (Å²) >= 11 is 0. The molecule has 1 amide bonds. The first-order chi connectivity index (χ1) is 16.1. The van der Waals surface area contributed by atoms with Crippen LogP contribution in [0.2, 0.25) is 0 Å². The molecule has 7 heteroatoms. The smallest absolute Gasteiger partial charge is 0.252 e. The highest BCUT2D eigenvalue weighted by molar-refractivity contribution is 6.08. The molecule has 0 spiro atoms. The maximum absolute atomic E-state index is 12.2. The van der Waals surface area contributed by atoms with Gasteiger partial charge in [-0.25, -0.2) is 0 Å². The number of carbonyl (C=O) groups excluding carboxylic acids is 1. The Morgan fingerprint density at radius 2 is 2.12 bits per heavy atom. The van der Waals surface area contributed by atoms with Gasteiger partial charge in [-0.3, -0.25) is 9.78 Å². The van der Waals surface area contributed by atoms with Gasteiger partial charge in [0.15, 0.2) is 11.5 Å². The summed E-state index contributed by atoms with van der Waals surface area (Å²) in [6.45, 7) is 4.92. The van der Waals surface area contributed by atoms with Crippen LogP contribution in [0, 0.1) is 5.92 Å². The van der Waals surface area contributed by atoms with E-state index < -0.39 is 5.91 Å². The number of para-hydroxylation sites is 1. The number of hydrogen-bond acceptors (Lipinski definition) is 6. The molecule has 2 aromatic carbocycles. The number of methoxy groups -OCH3 is 1. The third kappa shape index (κ3) is 5.20. The van der Waals surface area contributed by atoms with Gasteiger partial charge < -0.3 is 25.8 Å².